The van der Waals surface area contributed by atoms with Gasteiger partial charge in [0.1, 0.15) is 10.7 Å². The zero-order valence-corrected chi connectivity index (χ0v) is 11.9. The van der Waals surface area contributed by atoms with Gasteiger partial charge in [-0.1, -0.05) is 30.4 Å². The molecule has 1 aliphatic rings. The first-order valence-electron chi connectivity index (χ1n) is 6.73. The minimum Gasteiger partial charge on any atom is -0.388 e. The third-order valence-electron chi connectivity index (χ3n) is 3.53. The maximum absolute atomic E-state index is 5.56. The van der Waals surface area contributed by atoms with Crippen LogP contribution in [0.2, 0.25) is 0 Å². The second kappa shape index (κ2) is 5.54. The summed E-state index contributed by atoms with van der Waals surface area (Å²) in [4.78, 5) is 11.2. The molecule has 1 aromatic carbocycles. The van der Waals surface area contributed by atoms with Crippen LogP contribution < -0.4 is 10.6 Å². The molecule has 1 aliphatic heterocycles. The molecule has 20 heavy (non-hydrogen) atoms. The minimum atomic E-state index is 0.278. The molecular formula is C15H16N4S. The first kappa shape index (κ1) is 13.0. The maximum Gasteiger partial charge on any atom is 0.151 e. The Morgan fingerprint density at radius 2 is 2.00 bits per heavy atom. The number of anilines is 2. The van der Waals surface area contributed by atoms with Crippen LogP contribution in [0.5, 0.6) is 0 Å². The lowest BCUT2D eigenvalue weighted by atomic mass is 10.1. The van der Waals surface area contributed by atoms with Crippen LogP contribution in [0, 0.1) is 0 Å². The maximum atomic E-state index is 5.56. The minimum absolute atomic E-state index is 0.278. The summed E-state index contributed by atoms with van der Waals surface area (Å²) in [5.74, 6) is 0.847. The first-order chi connectivity index (χ1) is 9.75. The normalized spacial score (nSPS) is 14.5. The van der Waals surface area contributed by atoms with E-state index in [-0.39, 0.29) is 4.99 Å². The van der Waals surface area contributed by atoms with Gasteiger partial charge >= 0.3 is 0 Å². The Balaban J connectivity index is 1.98. The molecule has 0 radical (unpaired) electrons. The predicted octanol–water partition coefficient (Wildman–Crippen LogP) is 2.59. The molecule has 0 saturated heterocycles. The van der Waals surface area contributed by atoms with Crippen molar-refractivity contribution >= 4 is 28.7 Å². The van der Waals surface area contributed by atoms with Gasteiger partial charge in [0.15, 0.2) is 5.82 Å². The Bertz CT molecular complexity index is 624. The van der Waals surface area contributed by atoms with Gasteiger partial charge in [0.05, 0.1) is 12.4 Å². The third-order valence-corrected chi connectivity index (χ3v) is 3.74. The number of rotatable bonds is 2. The quantitative estimate of drug-likeness (QED) is 0.859. The predicted molar refractivity (Wildman–Crippen MR) is 84.3 cm³/mol. The molecule has 0 spiro atoms. The highest BCUT2D eigenvalue weighted by atomic mass is 32.1. The summed E-state index contributed by atoms with van der Waals surface area (Å²) in [5.41, 5.74) is 8.71. The number of aromatic nitrogens is 2. The zero-order valence-electron chi connectivity index (χ0n) is 11.1. The lowest BCUT2D eigenvalue weighted by Crippen LogP contribution is -2.20. The summed E-state index contributed by atoms with van der Waals surface area (Å²) in [6, 6.07) is 8.48. The van der Waals surface area contributed by atoms with Gasteiger partial charge in [-0.05, 0) is 30.9 Å². The van der Waals surface area contributed by atoms with Gasteiger partial charge in [-0.15, -0.1) is 0 Å². The van der Waals surface area contributed by atoms with Crippen LogP contribution in [-0.4, -0.2) is 21.5 Å². The van der Waals surface area contributed by atoms with Gasteiger partial charge in [-0.25, -0.2) is 9.97 Å². The average Bonchev–Trinajstić information content (AvgIpc) is 2.69. The lowest BCUT2D eigenvalue weighted by molar-refractivity contribution is 0.757. The van der Waals surface area contributed by atoms with Crippen LogP contribution in [-0.2, 0) is 6.42 Å². The summed E-state index contributed by atoms with van der Waals surface area (Å²) in [5, 5.41) is 0. The van der Waals surface area contributed by atoms with Gasteiger partial charge < -0.3 is 10.6 Å². The van der Waals surface area contributed by atoms with Gasteiger partial charge in [0.2, 0.25) is 0 Å². The Hall–Kier alpha value is -2.01. The average molecular weight is 284 g/mol. The van der Waals surface area contributed by atoms with Crippen LogP contribution in [0.1, 0.15) is 24.1 Å². The van der Waals surface area contributed by atoms with E-state index < -0.39 is 0 Å². The van der Waals surface area contributed by atoms with E-state index in [0.717, 1.165) is 25.2 Å². The number of nitrogens with zero attached hydrogens (tertiary/aromatic N) is 3. The molecular weight excluding hydrogens is 268 g/mol. The molecule has 2 N–H and O–H groups in total. The molecule has 4 nitrogen and oxygen atoms in total. The van der Waals surface area contributed by atoms with Crippen molar-refractivity contribution in [1.29, 1.82) is 0 Å². The van der Waals surface area contributed by atoms with E-state index in [4.69, 9.17) is 18.0 Å². The van der Waals surface area contributed by atoms with Crippen molar-refractivity contribution in [2.75, 3.05) is 11.4 Å². The number of nitrogens with two attached hydrogens (primary N) is 1. The highest BCUT2D eigenvalue weighted by molar-refractivity contribution is 7.80. The van der Waals surface area contributed by atoms with E-state index in [2.05, 4.69) is 39.1 Å². The lowest BCUT2D eigenvalue weighted by Gasteiger charge is -2.23. The molecule has 0 bridgehead atoms. The Morgan fingerprint density at radius 3 is 2.75 bits per heavy atom. The SMILES string of the molecule is NC(=S)c1cnc(N2CCCCc3ccccc32)cn1. The van der Waals surface area contributed by atoms with E-state index in [1.54, 1.807) is 12.4 Å². The molecule has 5 heteroatoms. The van der Waals surface area contributed by atoms with Gasteiger partial charge in [0, 0.05) is 12.2 Å². The van der Waals surface area contributed by atoms with Crippen molar-refractivity contribution < 1.29 is 0 Å². The molecule has 1 aromatic heterocycles. The molecule has 0 fully saturated rings. The number of para-hydroxylation sites is 1. The van der Waals surface area contributed by atoms with Crippen molar-refractivity contribution in [1.82, 2.24) is 9.97 Å². The van der Waals surface area contributed by atoms with Crippen LogP contribution in [0.15, 0.2) is 36.7 Å². The second-order valence-electron chi connectivity index (χ2n) is 4.86. The highest BCUT2D eigenvalue weighted by Crippen LogP contribution is 2.30. The van der Waals surface area contributed by atoms with Crippen molar-refractivity contribution in [2.24, 2.45) is 5.73 Å². The summed E-state index contributed by atoms with van der Waals surface area (Å²) in [7, 11) is 0. The van der Waals surface area contributed by atoms with E-state index in [0.29, 0.717) is 5.69 Å². The molecule has 0 aliphatic carbocycles. The number of thiocarbonyl (C=S) groups is 1. The Labute approximate surface area is 123 Å². The first-order valence-corrected chi connectivity index (χ1v) is 7.14. The van der Waals surface area contributed by atoms with E-state index in [9.17, 15) is 0 Å². The van der Waals surface area contributed by atoms with Crippen LogP contribution in [0.3, 0.4) is 0 Å². The number of hydrogen-bond donors (Lipinski definition) is 1. The van der Waals surface area contributed by atoms with E-state index in [1.165, 1.54) is 17.7 Å². The number of benzene rings is 1. The Morgan fingerprint density at radius 1 is 1.15 bits per heavy atom. The molecule has 3 rings (SSSR count). The number of aryl methyl sites for hydroxylation is 1. The largest absolute Gasteiger partial charge is 0.388 e. The molecule has 0 atom stereocenters. The number of hydrogen-bond acceptors (Lipinski definition) is 4. The summed E-state index contributed by atoms with van der Waals surface area (Å²) < 4.78 is 0. The third kappa shape index (κ3) is 2.49. The second-order valence-corrected chi connectivity index (χ2v) is 5.30. The number of fused-ring (bicyclic) bond motifs is 1. The summed E-state index contributed by atoms with van der Waals surface area (Å²) in [6.45, 7) is 0.956. The van der Waals surface area contributed by atoms with E-state index >= 15 is 0 Å². The van der Waals surface area contributed by atoms with Crippen molar-refractivity contribution in [2.45, 2.75) is 19.3 Å². The van der Waals surface area contributed by atoms with Crippen LogP contribution >= 0.6 is 12.2 Å². The van der Waals surface area contributed by atoms with Crippen molar-refractivity contribution in [3.63, 3.8) is 0 Å². The topological polar surface area (TPSA) is 55.0 Å². The molecule has 0 saturated carbocycles. The summed E-state index contributed by atoms with van der Waals surface area (Å²) in [6.07, 6.45) is 6.85. The fraction of sp³-hybridized carbons (Fsp3) is 0.267. The van der Waals surface area contributed by atoms with Crippen LogP contribution in [0.25, 0.3) is 0 Å². The van der Waals surface area contributed by atoms with Crippen LogP contribution in [0.4, 0.5) is 11.5 Å². The molecule has 0 amide bonds. The molecule has 0 unspecified atom stereocenters. The fourth-order valence-corrected chi connectivity index (χ4v) is 2.62. The standard InChI is InChI=1S/C15H16N4S/c16-15(20)12-9-18-14(10-17-12)19-8-4-3-6-11-5-1-2-7-13(11)19/h1-2,5,7,9-10H,3-4,6,8H2,(H2,16,20). The molecule has 2 aromatic rings. The fourth-order valence-electron chi connectivity index (χ4n) is 2.52. The smallest absolute Gasteiger partial charge is 0.151 e. The van der Waals surface area contributed by atoms with Gasteiger partial charge in [-0.3, -0.25) is 0 Å². The van der Waals surface area contributed by atoms with Gasteiger partial charge in [0.25, 0.3) is 0 Å². The Kier molecular flexibility index (Phi) is 3.60. The van der Waals surface area contributed by atoms with Crippen molar-refractivity contribution in [3.8, 4) is 0 Å². The van der Waals surface area contributed by atoms with Crippen molar-refractivity contribution in [3.05, 3.63) is 47.9 Å². The molecule has 2 heterocycles. The van der Waals surface area contributed by atoms with Gasteiger partial charge in [-0.2, -0.15) is 0 Å². The molecule has 102 valence electrons. The van der Waals surface area contributed by atoms with E-state index in [1.807, 2.05) is 0 Å². The summed E-state index contributed by atoms with van der Waals surface area (Å²) >= 11 is 4.91. The zero-order chi connectivity index (χ0) is 13.9. The monoisotopic (exact) mass is 284 g/mol. The highest BCUT2D eigenvalue weighted by Gasteiger charge is 2.17.